The third-order valence-electron chi connectivity index (χ3n) is 6.90. The van der Waals surface area contributed by atoms with E-state index in [-0.39, 0.29) is 17.6 Å². The van der Waals surface area contributed by atoms with E-state index in [0.29, 0.717) is 0 Å². The summed E-state index contributed by atoms with van der Waals surface area (Å²) in [5.41, 5.74) is 3.89. The monoisotopic (exact) mass is 379 g/mol. The van der Waals surface area contributed by atoms with Gasteiger partial charge in [-0.15, -0.1) is 0 Å². The Balaban J connectivity index is 1.53. The molecule has 0 radical (unpaired) electrons. The average molecular weight is 380 g/mol. The first-order valence-electron chi connectivity index (χ1n) is 10.7. The molecule has 2 heterocycles. The molecule has 1 N–H and O–H groups in total. The van der Waals surface area contributed by atoms with Crippen LogP contribution in [-0.2, 0) is 12.0 Å². The van der Waals surface area contributed by atoms with Crippen LogP contribution < -0.4 is 0 Å². The van der Waals surface area contributed by atoms with E-state index in [1.165, 1.54) is 29.5 Å². The molecule has 1 aliphatic carbocycles. The van der Waals surface area contributed by atoms with Crippen LogP contribution in [0.15, 0.2) is 48.8 Å². The molecule has 1 aromatic carbocycles. The lowest BCUT2D eigenvalue weighted by Crippen LogP contribution is -2.49. The first-order valence-corrected chi connectivity index (χ1v) is 10.7. The lowest BCUT2D eigenvalue weighted by molar-refractivity contribution is -0.00997. The molecule has 4 nitrogen and oxygen atoms in total. The van der Waals surface area contributed by atoms with Crippen molar-refractivity contribution in [1.82, 2.24) is 14.8 Å². The highest BCUT2D eigenvalue weighted by molar-refractivity contribution is 5.45. The maximum Gasteiger partial charge on any atom is 0.0834 e. The molecule has 0 saturated carbocycles. The Kier molecular flexibility index (Phi) is 5.81. The zero-order chi connectivity index (χ0) is 19.6. The van der Waals surface area contributed by atoms with Gasteiger partial charge >= 0.3 is 0 Å². The summed E-state index contributed by atoms with van der Waals surface area (Å²) in [6.07, 6.45) is 7.86. The minimum Gasteiger partial charge on any atom is -0.390 e. The summed E-state index contributed by atoms with van der Waals surface area (Å²) >= 11 is 0. The second-order valence-electron chi connectivity index (χ2n) is 8.60. The molecule has 1 aromatic heterocycles. The number of aromatic nitrogens is 1. The molecule has 150 valence electrons. The van der Waals surface area contributed by atoms with Gasteiger partial charge in [0.2, 0.25) is 0 Å². The van der Waals surface area contributed by atoms with E-state index < -0.39 is 0 Å². The van der Waals surface area contributed by atoms with Gasteiger partial charge in [-0.05, 0) is 68.7 Å². The standard InChI is InChI=1S/C24H33N3O/c1-3-4-14-26(2)22-20-9-5-6-10-21(20)24(23(22)28)11-15-27(16-12-24)18-19-8-7-13-25-17-19/h5-10,13,17,22-23,28H,3-4,11-12,14-16,18H2,1-2H3/t22-,23+/m1/s1. The largest absolute Gasteiger partial charge is 0.390 e. The number of rotatable bonds is 6. The molecular weight excluding hydrogens is 346 g/mol. The normalized spacial score (nSPS) is 24.0. The van der Waals surface area contributed by atoms with Crippen LogP contribution in [0.3, 0.4) is 0 Å². The molecule has 2 aromatic rings. The van der Waals surface area contributed by atoms with Crippen molar-refractivity contribution in [1.29, 1.82) is 0 Å². The predicted molar refractivity (Wildman–Crippen MR) is 113 cm³/mol. The van der Waals surface area contributed by atoms with Gasteiger partial charge in [0, 0.05) is 24.4 Å². The zero-order valence-electron chi connectivity index (χ0n) is 17.2. The average Bonchev–Trinajstić information content (AvgIpc) is 2.97. The number of likely N-dealkylation sites (N-methyl/N-ethyl adjacent to an activating group) is 1. The van der Waals surface area contributed by atoms with Gasteiger partial charge in [0.15, 0.2) is 0 Å². The number of piperidine rings is 1. The fourth-order valence-electron chi connectivity index (χ4n) is 5.29. The van der Waals surface area contributed by atoms with Crippen LogP contribution in [0.1, 0.15) is 55.3 Å². The van der Waals surface area contributed by atoms with Crippen molar-refractivity contribution in [3.8, 4) is 0 Å². The Hall–Kier alpha value is -1.75. The minimum atomic E-state index is -0.327. The van der Waals surface area contributed by atoms with Gasteiger partial charge in [-0.3, -0.25) is 14.8 Å². The molecule has 2 aliphatic rings. The van der Waals surface area contributed by atoms with Gasteiger partial charge in [0.1, 0.15) is 0 Å². The van der Waals surface area contributed by atoms with Crippen molar-refractivity contribution >= 4 is 0 Å². The first kappa shape index (κ1) is 19.6. The van der Waals surface area contributed by atoms with E-state index in [9.17, 15) is 5.11 Å². The number of hydrogen-bond donors (Lipinski definition) is 1. The van der Waals surface area contributed by atoms with Gasteiger partial charge in [-0.25, -0.2) is 0 Å². The second kappa shape index (κ2) is 8.32. The molecule has 0 amide bonds. The van der Waals surface area contributed by atoms with Gasteiger partial charge < -0.3 is 5.11 Å². The Morgan fingerprint density at radius 2 is 1.96 bits per heavy atom. The summed E-state index contributed by atoms with van der Waals surface area (Å²) in [5.74, 6) is 0. The summed E-state index contributed by atoms with van der Waals surface area (Å²) < 4.78 is 0. The lowest BCUT2D eigenvalue weighted by atomic mass is 9.72. The highest BCUT2D eigenvalue weighted by Gasteiger charge is 2.53. The molecule has 1 saturated heterocycles. The van der Waals surface area contributed by atoms with Crippen molar-refractivity contribution in [2.24, 2.45) is 0 Å². The molecule has 1 fully saturated rings. The van der Waals surface area contributed by atoms with Crippen molar-refractivity contribution in [2.75, 3.05) is 26.7 Å². The highest BCUT2D eigenvalue weighted by atomic mass is 16.3. The number of pyridine rings is 1. The van der Waals surface area contributed by atoms with Gasteiger partial charge in [0.05, 0.1) is 12.1 Å². The maximum absolute atomic E-state index is 11.6. The molecule has 28 heavy (non-hydrogen) atoms. The first-order chi connectivity index (χ1) is 13.7. The molecule has 0 unspecified atom stereocenters. The van der Waals surface area contributed by atoms with Crippen LogP contribution in [0, 0.1) is 0 Å². The quantitative estimate of drug-likeness (QED) is 0.829. The molecule has 2 atom stereocenters. The molecular formula is C24H33N3O. The van der Waals surface area contributed by atoms with Crippen molar-refractivity contribution < 1.29 is 5.11 Å². The third-order valence-corrected chi connectivity index (χ3v) is 6.90. The number of hydrogen-bond acceptors (Lipinski definition) is 4. The Morgan fingerprint density at radius 3 is 2.68 bits per heavy atom. The third kappa shape index (κ3) is 3.49. The Bertz CT molecular complexity index is 770. The van der Waals surface area contributed by atoms with Crippen molar-refractivity contribution in [2.45, 2.75) is 56.7 Å². The lowest BCUT2D eigenvalue weighted by Gasteiger charge is -2.43. The predicted octanol–water partition coefficient (Wildman–Crippen LogP) is 3.76. The molecule has 0 bridgehead atoms. The smallest absolute Gasteiger partial charge is 0.0834 e. The van der Waals surface area contributed by atoms with E-state index in [1.807, 2.05) is 18.5 Å². The molecule has 4 heteroatoms. The topological polar surface area (TPSA) is 39.6 Å². The van der Waals surface area contributed by atoms with Gasteiger partial charge in [-0.1, -0.05) is 43.7 Å². The molecule has 1 spiro atoms. The Labute approximate surface area is 169 Å². The summed E-state index contributed by atoms with van der Waals surface area (Å²) in [5, 5.41) is 11.6. The summed E-state index contributed by atoms with van der Waals surface area (Å²) in [6.45, 7) is 6.25. The number of benzene rings is 1. The number of likely N-dealkylation sites (tertiary alicyclic amines) is 1. The SMILES string of the molecule is CCCCN(C)[C@@H]1c2ccccc2C2(CCN(Cc3cccnc3)CC2)[C@H]1O. The molecule has 1 aliphatic heterocycles. The van der Waals surface area contributed by atoms with E-state index in [4.69, 9.17) is 0 Å². The summed E-state index contributed by atoms with van der Waals surface area (Å²) in [4.78, 5) is 9.13. The number of aliphatic hydroxyl groups is 1. The zero-order valence-corrected chi connectivity index (χ0v) is 17.2. The Morgan fingerprint density at radius 1 is 1.18 bits per heavy atom. The van der Waals surface area contributed by atoms with E-state index in [2.05, 4.69) is 59.1 Å². The second-order valence-corrected chi connectivity index (χ2v) is 8.60. The van der Waals surface area contributed by atoms with Crippen LogP contribution in [0.5, 0.6) is 0 Å². The van der Waals surface area contributed by atoms with Crippen molar-refractivity contribution in [3.05, 3.63) is 65.5 Å². The van der Waals surface area contributed by atoms with Crippen LogP contribution in [0.2, 0.25) is 0 Å². The van der Waals surface area contributed by atoms with Gasteiger partial charge in [-0.2, -0.15) is 0 Å². The minimum absolute atomic E-state index is 0.104. The maximum atomic E-state index is 11.6. The van der Waals surface area contributed by atoms with Crippen LogP contribution >= 0.6 is 0 Å². The fraction of sp³-hybridized carbons (Fsp3) is 0.542. The van der Waals surface area contributed by atoms with E-state index in [1.54, 1.807) is 0 Å². The fourth-order valence-corrected chi connectivity index (χ4v) is 5.29. The number of nitrogens with zero attached hydrogens (tertiary/aromatic N) is 3. The van der Waals surface area contributed by atoms with E-state index >= 15 is 0 Å². The highest BCUT2D eigenvalue weighted by Crippen LogP contribution is 2.52. The number of unbranched alkanes of at least 4 members (excludes halogenated alkanes) is 1. The molecule has 4 rings (SSSR count). The summed E-state index contributed by atoms with van der Waals surface area (Å²) in [6, 6.07) is 13.1. The number of fused-ring (bicyclic) bond motifs is 2. The number of aliphatic hydroxyl groups excluding tert-OH is 1. The van der Waals surface area contributed by atoms with Crippen LogP contribution in [-0.4, -0.2) is 52.7 Å². The van der Waals surface area contributed by atoms with E-state index in [0.717, 1.165) is 39.0 Å². The van der Waals surface area contributed by atoms with Gasteiger partial charge in [0.25, 0.3) is 0 Å². The summed E-state index contributed by atoms with van der Waals surface area (Å²) in [7, 11) is 2.18. The van der Waals surface area contributed by atoms with Crippen LogP contribution in [0.4, 0.5) is 0 Å². The van der Waals surface area contributed by atoms with Crippen LogP contribution in [0.25, 0.3) is 0 Å². The van der Waals surface area contributed by atoms with Crippen molar-refractivity contribution in [3.63, 3.8) is 0 Å².